The first-order chi connectivity index (χ1) is 15.5. The highest BCUT2D eigenvalue weighted by Crippen LogP contribution is 2.20. The number of nitrogens with one attached hydrogen (secondary N) is 1. The van der Waals surface area contributed by atoms with Crippen LogP contribution in [0.5, 0.6) is 0 Å². The van der Waals surface area contributed by atoms with E-state index in [9.17, 15) is 18.0 Å². The van der Waals surface area contributed by atoms with Crippen molar-refractivity contribution < 1.29 is 18.0 Å². The number of amides is 2. The summed E-state index contributed by atoms with van der Waals surface area (Å²) in [5.74, 6) is -0.421. The van der Waals surface area contributed by atoms with E-state index in [0.717, 1.165) is 21.9 Å². The quantitative estimate of drug-likeness (QED) is 0.471. The fraction of sp³-hybridized carbons (Fsp3) is 0.417. The van der Waals surface area contributed by atoms with E-state index in [1.165, 1.54) is 4.31 Å². The Morgan fingerprint density at radius 3 is 2.36 bits per heavy atom. The highest BCUT2D eigenvalue weighted by Gasteiger charge is 2.26. The number of likely N-dealkylation sites (N-methyl/N-ethyl adjacent to an activating group) is 1. The van der Waals surface area contributed by atoms with Crippen LogP contribution in [-0.4, -0.2) is 50.5 Å². The second kappa shape index (κ2) is 12.2. The average Bonchev–Trinajstić information content (AvgIpc) is 2.75. The van der Waals surface area contributed by atoms with Gasteiger partial charge in [0.15, 0.2) is 0 Å². The van der Waals surface area contributed by atoms with Crippen LogP contribution in [0.4, 0.5) is 5.69 Å². The first-order valence-electron chi connectivity index (χ1n) is 10.9. The van der Waals surface area contributed by atoms with Crippen molar-refractivity contribution in [2.24, 2.45) is 0 Å². The second-order valence-corrected chi connectivity index (χ2v) is 10.8. The summed E-state index contributed by atoms with van der Waals surface area (Å²) in [6.07, 6.45) is 1.62. The molecule has 0 aliphatic heterocycles. The number of aryl methyl sites for hydroxylation is 1. The highest BCUT2D eigenvalue weighted by molar-refractivity contribution is 9.10. The van der Waals surface area contributed by atoms with Crippen LogP contribution in [0.3, 0.4) is 0 Å². The maximum absolute atomic E-state index is 13.2. The Kier molecular flexibility index (Phi) is 9.91. The summed E-state index contributed by atoms with van der Waals surface area (Å²) in [7, 11) is -3.50. The number of halogens is 1. The van der Waals surface area contributed by atoms with Crippen molar-refractivity contribution in [3.8, 4) is 0 Å². The van der Waals surface area contributed by atoms with Crippen LogP contribution >= 0.6 is 15.9 Å². The Morgan fingerprint density at radius 1 is 1.12 bits per heavy atom. The van der Waals surface area contributed by atoms with Crippen LogP contribution in [0.2, 0.25) is 0 Å². The minimum Gasteiger partial charge on any atom is -0.355 e. The molecule has 0 fully saturated rings. The molecule has 33 heavy (non-hydrogen) atoms. The van der Waals surface area contributed by atoms with Gasteiger partial charge in [-0.1, -0.05) is 40.2 Å². The van der Waals surface area contributed by atoms with Gasteiger partial charge < -0.3 is 10.2 Å². The summed E-state index contributed by atoms with van der Waals surface area (Å²) in [6, 6.07) is 14.2. The van der Waals surface area contributed by atoms with Gasteiger partial charge in [0.1, 0.15) is 6.04 Å². The van der Waals surface area contributed by atoms with Gasteiger partial charge in [0.05, 0.1) is 11.9 Å². The number of nitrogens with zero attached hydrogens (tertiary/aromatic N) is 2. The van der Waals surface area contributed by atoms with Crippen LogP contribution in [0.25, 0.3) is 0 Å². The van der Waals surface area contributed by atoms with E-state index in [-0.39, 0.29) is 31.3 Å². The lowest BCUT2D eigenvalue weighted by molar-refractivity contribution is -0.140. The molecule has 0 aliphatic carbocycles. The van der Waals surface area contributed by atoms with Crippen LogP contribution < -0.4 is 9.62 Å². The zero-order valence-electron chi connectivity index (χ0n) is 19.5. The third-order valence-electron chi connectivity index (χ3n) is 5.23. The molecule has 1 atom stereocenters. The number of anilines is 1. The second-order valence-electron chi connectivity index (χ2n) is 8.00. The van der Waals surface area contributed by atoms with Crippen LogP contribution in [0.15, 0.2) is 53.0 Å². The molecule has 2 amide bonds. The minimum absolute atomic E-state index is 0.123. The third-order valence-corrected chi connectivity index (χ3v) is 6.95. The summed E-state index contributed by atoms with van der Waals surface area (Å²) in [4.78, 5) is 27.2. The Bertz CT molecular complexity index is 1060. The first-order valence-corrected chi connectivity index (χ1v) is 13.5. The van der Waals surface area contributed by atoms with Crippen molar-refractivity contribution in [1.29, 1.82) is 0 Å². The van der Waals surface area contributed by atoms with E-state index in [0.29, 0.717) is 18.7 Å². The van der Waals surface area contributed by atoms with Gasteiger partial charge in [-0.3, -0.25) is 13.9 Å². The van der Waals surface area contributed by atoms with Gasteiger partial charge in [0.25, 0.3) is 0 Å². The minimum atomic E-state index is -3.50. The lowest BCUT2D eigenvalue weighted by Crippen LogP contribution is -2.47. The third kappa shape index (κ3) is 8.16. The van der Waals surface area contributed by atoms with Gasteiger partial charge in [-0.2, -0.15) is 0 Å². The molecule has 2 aromatic rings. The van der Waals surface area contributed by atoms with Gasteiger partial charge in [0.2, 0.25) is 21.8 Å². The Balaban J connectivity index is 2.14. The number of carbonyl (C=O) groups is 2. The molecule has 0 radical (unpaired) electrons. The maximum Gasteiger partial charge on any atom is 0.242 e. The monoisotopic (exact) mass is 537 g/mol. The summed E-state index contributed by atoms with van der Waals surface area (Å²) in [6.45, 7) is 6.38. The highest BCUT2D eigenvalue weighted by atomic mass is 79.9. The Morgan fingerprint density at radius 2 is 1.79 bits per heavy atom. The molecule has 7 nitrogen and oxygen atoms in total. The van der Waals surface area contributed by atoms with Gasteiger partial charge in [-0.15, -0.1) is 0 Å². The maximum atomic E-state index is 13.2. The van der Waals surface area contributed by atoms with Crippen molar-refractivity contribution in [2.75, 3.05) is 23.7 Å². The zero-order valence-corrected chi connectivity index (χ0v) is 21.9. The van der Waals surface area contributed by atoms with E-state index in [1.54, 1.807) is 24.0 Å². The van der Waals surface area contributed by atoms with Gasteiger partial charge in [0, 0.05) is 30.5 Å². The summed E-state index contributed by atoms with van der Waals surface area (Å²) >= 11 is 3.40. The van der Waals surface area contributed by atoms with Crippen LogP contribution in [0, 0.1) is 6.92 Å². The molecular weight excluding hydrogens is 506 g/mol. The Labute approximate surface area is 205 Å². The molecule has 0 saturated carbocycles. The van der Waals surface area contributed by atoms with E-state index in [1.807, 2.05) is 50.2 Å². The molecule has 1 N–H and O–H groups in total. The topological polar surface area (TPSA) is 86.8 Å². The molecule has 0 saturated heterocycles. The SMILES string of the molecule is CCNC(=O)[C@@H](C)N(Cc1ccc(Br)cc1)C(=O)CCCN(c1cccc(C)c1)S(C)(=O)=O. The molecule has 2 rings (SSSR count). The van der Waals surface area contributed by atoms with E-state index in [4.69, 9.17) is 0 Å². The molecule has 0 unspecified atom stereocenters. The van der Waals surface area contributed by atoms with Gasteiger partial charge in [-0.25, -0.2) is 8.42 Å². The molecular formula is C24H32BrN3O4S. The largest absolute Gasteiger partial charge is 0.355 e. The summed E-state index contributed by atoms with van der Waals surface area (Å²) < 4.78 is 27.0. The molecule has 180 valence electrons. The predicted molar refractivity (Wildman–Crippen MR) is 135 cm³/mol. The molecule has 9 heteroatoms. The molecule has 0 aliphatic rings. The van der Waals surface area contributed by atoms with E-state index >= 15 is 0 Å². The normalized spacial score (nSPS) is 12.2. The molecule has 0 bridgehead atoms. The number of sulfonamides is 1. The first kappa shape index (κ1) is 26.9. The number of benzene rings is 2. The van der Waals surface area contributed by atoms with Crippen molar-refractivity contribution >= 4 is 43.5 Å². The van der Waals surface area contributed by atoms with Crippen LogP contribution in [-0.2, 0) is 26.2 Å². The zero-order chi connectivity index (χ0) is 24.6. The summed E-state index contributed by atoms with van der Waals surface area (Å²) in [5, 5.41) is 2.77. The predicted octanol–water partition coefficient (Wildman–Crippen LogP) is 3.86. The number of carbonyl (C=O) groups excluding carboxylic acids is 2. The van der Waals surface area contributed by atoms with E-state index in [2.05, 4.69) is 21.2 Å². The Hall–Kier alpha value is -2.39. The number of rotatable bonds is 11. The van der Waals surface area contributed by atoms with E-state index < -0.39 is 16.1 Å². The number of hydrogen-bond acceptors (Lipinski definition) is 4. The van der Waals surface area contributed by atoms with Gasteiger partial charge >= 0.3 is 0 Å². The molecule has 2 aromatic carbocycles. The standard InChI is InChI=1S/C24H32BrN3O4S/c1-5-26-24(30)19(3)27(17-20-11-13-21(25)14-12-20)23(29)10-7-15-28(33(4,31)32)22-9-6-8-18(2)16-22/h6,8-9,11-14,16,19H,5,7,10,15,17H2,1-4H3,(H,26,30)/t19-/m1/s1. The van der Waals surface area contributed by atoms with Crippen molar-refractivity contribution in [1.82, 2.24) is 10.2 Å². The lowest BCUT2D eigenvalue weighted by atomic mass is 10.1. The number of hydrogen-bond donors (Lipinski definition) is 1. The lowest BCUT2D eigenvalue weighted by Gasteiger charge is -2.29. The molecule has 0 aromatic heterocycles. The average molecular weight is 539 g/mol. The fourth-order valence-corrected chi connectivity index (χ4v) is 4.70. The van der Waals surface area contributed by atoms with Crippen molar-refractivity contribution in [2.45, 2.75) is 46.2 Å². The smallest absolute Gasteiger partial charge is 0.242 e. The summed E-state index contributed by atoms with van der Waals surface area (Å²) in [5.41, 5.74) is 2.43. The molecule has 0 spiro atoms. The fourth-order valence-electron chi connectivity index (χ4n) is 3.48. The van der Waals surface area contributed by atoms with Crippen molar-refractivity contribution in [3.63, 3.8) is 0 Å². The van der Waals surface area contributed by atoms with Crippen molar-refractivity contribution in [3.05, 3.63) is 64.1 Å². The van der Waals surface area contributed by atoms with Crippen LogP contribution in [0.1, 0.15) is 37.8 Å². The van der Waals surface area contributed by atoms with Gasteiger partial charge in [-0.05, 0) is 62.6 Å². The molecule has 0 heterocycles.